The van der Waals surface area contributed by atoms with E-state index in [2.05, 4.69) is 16.7 Å². The fourth-order valence-electron chi connectivity index (χ4n) is 5.97. The molecular weight excluding hydrogens is 547 g/mol. The first-order valence-electron chi connectivity index (χ1n) is 14.7. The second-order valence-corrected chi connectivity index (χ2v) is 11.2. The average Bonchev–Trinajstić information content (AvgIpc) is 3.01. The van der Waals surface area contributed by atoms with E-state index in [1.165, 1.54) is 6.07 Å². The molecule has 1 aliphatic heterocycles. The van der Waals surface area contributed by atoms with Crippen LogP contribution in [0.25, 0.3) is 11.1 Å². The molecule has 0 aliphatic carbocycles. The van der Waals surface area contributed by atoms with E-state index in [9.17, 15) is 14.7 Å². The number of halogens is 1. The molecule has 2 atom stereocenters. The quantitative estimate of drug-likeness (QED) is 0.205. The van der Waals surface area contributed by atoms with Crippen molar-refractivity contribution in [1.29, 1.82) is 5.26 Å². The minimum absolute atomic E-state index is 0.137. The smallest absolute Gasteiger partial charge is 0.404 e. The van der Waals surface area contributed by atoms with E-state index in [0.717, 1.165) is 11.1 Å². The summed E-state index contributed by atoms with van der Waals surface area (Å²) in [6, 6.07) is 21.7. The molecule has 1 aliphatic rings. The topological polar surface area (TPSA) is 126 Å². The van der Waals surface area contributed by atoms with E-state index < -0.39 is 23.4 Å². The summed E-state index contributed by atoms with van der Waals surface area (Å²) in [6.07, 6.45) is 1.10. The van der Waals surface area contributed by atoms with Gasteiger partial charge >= 0.3 is 6.09 Å². The van der Waals surface area contributed by atoms with Crippen LogP contribution < -0.4 is 10.6 Å². The van der Waals surface area contributed by atoms with Crippen molar-refractivity contribution in [2.24, 2.45) is 5.92 Å². The fraction of sp³-hybridized carbons (Fsp3) is 0.382. The SMILES string of the molecule is Cc1cccc(-c2c(F)cccc2C(O)(CCCNC(=O)O)C2CCCN(C(=O)c3ccc(CNCCC#N)cc3)C2)c1. The number of hydrogen-bond donors (Lipinski definition) is 4. The normalized spacial score (nSPS) is 16.2. The number of nitrogens with zero attached hydrogens (tertiary/aromatic N) is 2. The molecule has 0 bridgehead atoms. The van der Waals surface area contributed by atoms with E-state index in [1.54, 1.807) is 29.2 Å². The fourth-order valence-corrected chi connectivity index (χ4v) is 5.97. The predicted octanol–water partition coefficient (Wildman–Crippen LogP) is 5.59. The second kappa shape index (κ2) is 14.8. The number of carbonyl (C=O) groups is 2. The summed E-state index contributed by atoms with van der Waals surface area (Å²) >= 11 is 0. The monoisotopic (exact) mass is 586 g/mol. The number of nitrogens with one attached hydrogen (secondary N) is 2. The average molecular weight is 587 g/mol. The van der Waals surface area contributed by atoms with Gasteiger partial charge in [0.25, 0.3) is 5.91 Å². The summed E-state index contributed by atoms with van der Waals surface area (Å²) in [5.74, 6) is -0.984. The molecule has 0 saturated carbocycles. The molecule has 1 heterocycles. The molecule has 3 aromatic carbocycles. The molecule has 4 N–H and O–H groups in total. The lowest BCUT2D eigenvalue weighted by atomic mass is 9.72. The highest BCUT2D eigenvalue weighted by atomic mass is 19.1. The number of carbonyl (C=O) groups excluding carboxylic acids is 1. The first-order valence-corrected chi connectivity index (χ1v) is 14.7. The van der Waals surface area contributed by atoms with Crippen LogP contribution >= 0.6 is 0 Å². The Hall–Kier alpha value is -4.26. The molecule has 3 aromatic rings. The molecular formula is C34H39FN4O4. The van der Waals surface area contributed by atoms with Crippen molar-refractivity contribution in [2.75, 3.05) is 26.2 Å². The van der Waals surface area contributed by atoms with Gasteiger partial charge in [0.05, 0.1) is 11.7 Å². The van der Waals surface area contributed by atoms with Crippen LogP contribution in [0.4, 0.5) is 9.18 Å². The van der Waals surface area contributed by atoms with Gasteiger partial charge in [-0.3, -0.25) is 4.79 Å². The lowest BCUT2D eigenvalue weighted by Gasteiger charge is -2.43. The van der Waals surface area contributed by atoms with Crippen LogP contribution in [0.3, 0.4) is 0 Å². The summed E-state index contributed by atoms with van der Waals surface area (Å²) in [7, 11) is 0. The third-order valence-electron chi connectivity index (χ3n) is 8.13. The van der Waals surface area contributed by atoms with Gasteiger partial charge in [0.15, 0.2) is 0 Å². The molecule has 4 rings (SSSR count). The van der Waals surface area contributed by atoms with Crippen LogP contribution in [0.5, 0.6) is 0 Å². The Bertz CT molecular complexity index is 1460. The van der Waals surface area contributed by atoms with E-state index >= 15 is 4.39 Å². The number of likely N-dealkylation sites (tertiary alicyclic amines) is 1. The number of rotatable bonds is 12. The number of nitriles is 1. The Labute approximate surface area is 252 Å². The number of benzene rings is 3. The maximum atomic E-state index is 15.5. The highest BCUT2D eigenvalue weighted by Gasteiger charge is 2.43. The second-order valence-electron chi connectivity index (χ2n) is 11.2. The summed E-state index contributed by atoms with van der Waals surface area (Å²) in [4.78, 5) is 26.4. The summed E-state index contributed by atoms with van der Waals surface area (Å²) in [5.41, 5.74) is 2.41. The molecule has 9 heteroatoms. The molecule has 226 valence electrons. The van der Waals surface area contributed by atoms with Crippen molar-refractivity contribution >= 4 is 12.0 Å². The number of aliphatic hydroxyl groups is 1. The van der Waals surface area contributed by atoms with Gasteiger partial charge in [-0.25, -0.2) is 9.18 Å². The zero-order valence-electron chi connectivity index (χ0n) is 24.5. The van der Waals surface area contributed by atoms with Crippen molar-refractivity contribution in [3.05, 3.63) is 94.8 Å². The zero-order valence-corrected chi connectivity index (χ0v) is 24.5. The molecule has 2 amide bonds. The van der Waals surface area contributed by atoms with E-state index in [1.807, 2.05) is 43.3 Å². The number of piperidine rings is 1. The molecule has 43 heavy (non-hydrogen) atoms. The van der Waals surface area contributed by atoms with Gasteiger partial charge in [-0.05, 0) is 67.5 Å². The van der Waals surface area contributed by atoms with Gasteiger partial charge in [0, 0.05) is 56.2 Å². The Kier molecular flexibility index (Phi) is 10.9. The maximum absolute atomic E-state index is 15.5. The first kappa shape index (κ1) is 31.7. The van der Waals surface area contributed by atoms with Gasteiger partial charge in [0.2, 0.25) is 0 Å². The summed E-state index contributed by atoms with van der Waals surface area (Å²) in [6.45, 7) is 4.08. The molecule has 0 radical (unpaired) electrons. The highest BCUT2D eigenvalue weighted by Crippen LogP contribution is 2.44. The van der Waals surface area contributed by atoms with Crippen LogP contribution in [0, 0.1) is 30.0 Å². The molecule has 0 spiro atoms. The maximum Gasteiger partial charge on any atom is 0.404 e. The number of hydrogen-bond acceptors (Lipinski definition) is 5. The van der Waals surface area contributed by atoms with E-state index in [4.69, 9.17) is 10.4 Å². The first-order chi connectivity index (χ1) is 20.7. The van der Waals surface area contributed by atoms with Crippen molar-refractivity contribution in [1.82, 2.24) is 15.5 Å². The lowest BCUT2D eigenvalue weighted by Crippen LogP contribution is -2.48. The Morgan fingerprint density at radius 1 is 1.12 bits per heavy atom. The Morgan fingerprint density at radius 2 is 1.88 bits per heavy atom. The summed E-state index contributed by atoms with van der Waals surface area (Å²) in [5, 5.41) is 35.8. The van der Waals surface area contributed by atoms with Gasteiger partial charge in [0.1, 0.15) is 5.82 Å². The van der Waals surface area contributed by atoms with Gasteiger partial charge in [-0.2, -0.15) is 5.26 Å². The largest absolute Gasteiger partial charge is 0.465 e. The molecule has 1 saturated heterocycles. The minimum Gasteiger partial charge on any atom is -0.465 e. The van der Waals surface area contributed by atoms with Crippen LogP contribution in [0.1, 0.15) is 59.2 Å². The summed E-state index contributed by atoms with van der Waals surface area (Å²) < 4.78 is 15.5. The van der Waals surface area contributed by atoms with Crippen molar-refractivity contribution in [3.8, 4) is 17.2 Å². The van der Waals surface area contributed by atoms with Gasteiger partial charge < -0.3 is 25.7 Å². The molecule has 0 aromatic heterocycles. The lowest BCUT2D eigenvalue weighted by molar-refractivity contribution is -0.0564. The molecule has 8 nitrogen and oxygen atoms in total. The Balaban J connectivity index is 1.61. The third-order valence-corrected chi connectivity index (χ3v) is 8.13. The van der Waals surface area contributed by atoms with Crippen molar-refractivity contribution in [3.63, 3.8) is 0 Å². The van der Waals surface area contributed by atoms with Crippen molar-refractivity contribution in [2.45, 2.75) is 51.2 Å². The predicted molar refractivity (Wildman–Crippen MR) is 163 cm³/mol. The van der Waals surface area contributed by atoms with E-state index in [-0.39, 0.29) is 25.4 Å². The zero-order chi connectivity index (χ0) is 30.8. The minimum atomic E-state index is -1.51. The highest BCUT2D eigenvalue weighted by molar-refractivity contribution is 5.94. The van der Waals surface area contributed by atoms with Gasteiger partial charge in [-0.15, -0.1) is 0 Å². The van der Waals surface area contributed by atoms with Gasteiger partial charge in [-0.1, -0.05) is 54.1 Å². The third kappa shape index (κ3) is 7.98. The van der Waals surface area contributed by atoms with Crippen LogP contribution in [-0.4, -0.2) is 53.3 Å². The van der Waals surface area contributed by atoms with Crippen molar-refractivity contribution < 1.29 is 24.2 Å². The molecule has 1 fully saturated rings. The van der Waals surface area contributed by atoms with E-state index in [0.29, 0.717) is 67.6 Å². The van der Waals surface area contributed by atoms with Crippen LogP contribution in [0.15, 0.2) is 66.7 Å². The van der Waals surface area contributed by atoms with Crippen LogP contribution in [0.2, 0.25) is 0 Å². The number of amides is 2. The number of carboxylic acid groups (broad SMARTS) is 1. The Morgan fingerprint density at radius 3 is 2.60 bits per heavy atom. The standard InChI is InChI=1S/C34H39FN4O4/c1-24-7-2-8-27(21-24)31-29(10-3-11-30(31)35)34(43,16-5-19-38-33(41)42)28-9-4-20-39(23-28)32(40)26-14-12-25(13-15-26)22-37-18-6-17-36/h2-3,7-8,10-15,21,28,37-38,43H,4-6,9,16,18-20,22-23H2,1H3,(H,41,42). The van der Waals surface area contributed by atoms with Crippen LogP contribution in [-0.2, 0) is 12.1 Å². The molecule has 2 unspecified atom stereocenters. The number of aryl methyl sites for hydroxylation is 1.